The van der Waals surface area contributed by atoms with Crippen LogP contribution < -0.4 is 9.64 Å². The van der Waals surface area contributed by atoms with Gasteiger partial charge in [-0.25, -0.2) is 0 Å². The molecule has 0 aromatic heterocycles. The molecule has 12 nitrogen and oxygen atoms in total. The summed E-state index contributed by atoms with van der Waals surface area (Å²) in [5.41, 5.74) is 8.57. The van der Waals surface area contributed by atoms with Crippen molar-refractivity contribution in [1.29, 1.82) is 0 Å². The van der Waals surface area contributed by atoms with Crippen LogP contribution in [0.15, 0.2) is 119 Å². The minimum absolute atomic E-state index is 0.251. The quantitative estimate of drug-likeness (QED) is 0.0713. The van der Waals surface area contributed by atoms with E-state index in [1.165, 1.54) is 24.3 Å². The number of anilines is 1. The molecule has 0 bridgehead atoms. The van der Waals surface area contributed by atoms with E-state index in [1.54, 1.807) is 0 Å². The van der Waals surface area contributed by atoms with Crippen molar-refractivity contribution in [1.82, 2.24) is 0 Å². The van der Waals surface area contributed by atoms with E-state index in [0.717, 1.165) is 57.0 Å². The van der Waals surface area contributed by atoms with Crippen LogP contribution in [0.1, 0.15) is 89.3 Å². The molecule has 0 fully saturated rings. The van der Waals surface area contributed by atoms with Gasteiger partial charge in [0.25, 0.3) is 30.4 Å². The molecule has 3 aromatic carbocycles. The van der Waals surface area contributed by atoms with E-state index >= 15 is 0 Å². The number of benzene rings is 3. The lowest BCUT2D eigenvalue weighted by Gasteiger charge is -2.27. The maximum Gasteiger partial charge on any atom is 0.294 e. The molecule has 6 rings (SSSR count). The SMILES string of the molecule is Cc1ccc2c(c1)C(C)(C)/C(=C\C=C1/CCCC(/C=C/C3=[N+](CCCCS(=O)(=O)O)c4ccccc4C3(C)C)=C1Oc1ccc(S(=O)(=O)O)cc1)N2CCCCS(=O)(=O)O. The fraction of sp³-hybridized carbons (Fsp3) is 0.400. The zero-order valence-corrected chi connectivity index (χ0v) is 37.2. The fourth-order valence-corrected chi connectivity index (χ4v) is 10.1. The Morgan fingerprint density at radius 1 is 0.750 bits per heavy atom. The summed E-state index contributed by atoms with van der Waals surface area (Å²) < 4.78 is 107. The number of fused-ring (bicyclic) bond motifs is 2. The molecule has 0 radical (unpaired) electrons. The number of hydrogen-bond acceptors (Lipinski definition) is 8. The van der Waals surface area contributed by atoms with Crippen LogP contribution in [0.3, 0.4) is 0 Å². The van der Waals surface area contributed by atoms with E-state index in [-0.39, 0.29) is 16.4 Å². The largest absolute Gasteiger partial charge is 0.457 e. The van der Waals surface area contributed by atoms with E-state index in [2.05, 4.69) is 98.7 Å². The van der Waals surface area contributed by atoms with Gasteiger partial charge in [-0.3, -0.25) is 13.7 Å². The summed E-state index contributed by atoms with van der Waals surface area (Å²) >= 11 is 0. The second-order valence-corrected chi connectivity index (χ2v) is 21.4. The summed E-state index contributed by atoms with van der Waals surface area (Å²) in [6.07, 6.45) is 12.2. The summed E-state index contributed by atoms with van der Waals surface area (Å²) in [7, 11) is -12.6. The Bertz CT molecular complexity index is 2640. The molecular formula is C45H55N2O10S3+. The van der Waals surface area contributed by atoms with Crippen molar-refractivity contribution >= 4 is 47.4 Å². The Hall–Kier alpha value is -4.38. The summed E-state index contributed by atoms with van der Waals surface area (Å²) in [4.78, 5) is 1.97. The van der Waals surface area contributed by atoms with Crippen LogP contribution in [-0.2, 0) is 41.2 Å². The Labute approximate surface area is 354 Å². The van der Waals surface area contributed by atoms with Crippen LogP contribution in [0.4, 0.5) is 11.4 Å². The highest BCUT2D eigenvalue weighted by atomic mass is 32.2. The first-order valence-electron chi connectivity index (χ1n) is 20.2. The van der Waals surface area contributed by atoms with Crippen LogP contribution in [0.25, 0.3) is 0 Å². The van der Waals surface area contributed by atoms with Gasteiger partial charge in [0, 0.05) is 47.5 Å². The van der Waals surface area contributed by atoms with Gasteiger partial charge >= 0.3 is 0 Å². The van der Waals surface area contributed by atoms with Gasteiger partial charge in [0.15, 0.2) is 5.71 Å². The monoisotopic (exact) mass is 879 g/mol. The van der Waals surface area contributed by atoms with Gasteiger partial charge in [-0.15, -0.1) is 0 Å². The molecule has 3 aliphatic rings. The lowest BCUT2D eigenvalue weighted by Crippen LogP contribution is -2.28. The van der Waals surface area contributed by atoms with Gasteiger partial charge in [-0.1, -0.05) is 55.8 Å². The van der Waals surface area contributed by atoms with Gasteiger partial charge in [0.1, 0.15) is 18.1 Å². The van der Waals surface area contributed by atoms with Gasteiger partial charge in [-0.05, 0) is 118 Å². The average molecular weight is 880 g/mol. The maximum absolute atomic E-state index is 11.8. The Kier molecular flexibility index (Phi) is 13.2. The minimum atomic E-state index is -4.42. The standard InChI is InChI=1S/C45H54N2O10S3/c1-32-17-24-40-38(31-32)45(4,5)42(47(40)28-9-11-30-59(51,52)53)26-19-34-14-12-13-33(43(34)57-35-20-22-36(23-21-35)60(54,55)56)18-25-41-44(2,3)37-15-6-7-16-39(37)46(41)27-8-10-29-58(48,49)50/h6-7,15-26,31H,8-14,27-30H2,1-5H3,(H2-,48,49,50,51,52,53,54,55,56)/p+1. The fourth-order valence-electron chi connectivity index (χ4n) is 8.53. The first kappa shape index (κ1) is 45.2. The van der Waals surface area contributed by atoms with E-state index < -0.39 is 41.2 Å². The van der Waals surface area contributed by atoms with Crippen molar-refractivity contribution in [2.24, 2.45) is 0 Å². The molecule has 0 amide bonds. The van der Waals surface area contributed by atoms with Crippen LogP contribution in [0, 0.1) is 6.92 Å². The van der Waals surface area contributed by atoms with E-state index in [9.17, 15) is 38.9 Å². The molecule has 3 aromatic rings. The highest BCUT2D eigenvalue weighted by molar-refractivity contribution is 7.86. The summed E-state index contributed by atoms with van der Waals surface area (Å²) in [6.45, 7) is 11.8. The number of hydrogen-bond donors (Lipinski definition) is 3. The molecule has 15 heteroatoms. The van der Waals surface area contributed by atoms with Crippen molar-refractivity contribution in [3.63, 3.8) is 0 Å². The topological polar surface area (TPSA) is 179 Å². The molecule has 1 aliphatic carbocycles. The summed E-state index contributed by atoms with van der Waals surface area (Å²) in [5, 5.41) is 0. The highest BCUT2D eigenvalue weighted by Gasteiger charge is 2.44. The predicted octanol–water partition coefficient (Wildman–Crippen LogP) is 8.64. The molecule has 322 valence electrons. The number of allylic oxidation sites excluding steroid dienone is 7. The number of aryl methyl sites for hydroxylation is 1. The summed E-state index contributed by atoms with van der Waals surface area (Å²) in [6, 6.07) is 20.1. The molecule has 0 unspecified atom stereocenters. The maximum atomic E-state index is 11.8. The molecule has 2 heterocycles. The van der Waals surface area contributed by atoms with Crippen LogP contribution in [-0.4, -0.2) is 73.8 Å². The smallest absolute Gasteiger partial charge is 0.294 e. The molecule has 2 aliphatic heterocycles. The second kappa shape index (κ2) is 17.5. The number of para-hydroxylation sites is 1. The summed E-state index contributed by atoms with van der Waals surface area (Å²) in [5.74, 6) is 0.381. The van der Waals surface area contributed by atoms with Crippen molar-refractivity contribution in [3.05, 3.63) is 130 Å². The zero-order valence-electron chi connectivity index (χ0n) is 34.8. The molecule has 0 spiro atoms. The minimum Gasteiger partial charge on any atom is -0.457 e. The van der Waals surface area contributed by atoms with Crippen molar-refractivity contribution in [2.75, 3.05) is 29.5 Å². The van der Waals surface area contributed by atoms with Crippen LogP contribution in [0.2, 0.25) is 0 Å². The lowest BCUT2D eigenvalue weighted by atomic mass is 9.81. The second-order valence-electron chi connectivity index (χ2n) is 16.8. The van der Waals surface area contributed by atoms with Crippen molar-refractivity contribution in [2.45, 2.75) is 95.3 Å². The van der Waals surface area contributed by atoms with E-state index in [0.29, 0.717) is 63.1 Å². The number of ether oxygens (including phenoxy) is 1. The van der Waals surface area contributed by atoms with Crippen LogP contribution >= 0.6 is 0 Å². The third-order valence-electron chi connectivity index (χ3n) is 11.6. The van der Waals surface area contributed by atoms with Crippen LogP contribution in [0.5, 0.6) is 5.75 Å². The molecule has 0 saturated carbocycles. The first-order chi connectivity index (χ1) is 28.1. The van der Waals surface area contributed by atoms with Gasteiger partial charge in [-0.2, -0.15) is 29.8 Å². The number of rotatable bonds is 16. The van der Waals surface area contributed by atoms with E-state index in [1.807, 2.05) is 12.1 Å². The lowest BCUT2D eigenvalue weighted by molar-refractivity contribution is -0.438. The molecular weight excluding hydrogens is 825 g/mol. The predicted molar refractivity (Wildman–Crippen MR) is 235 cm³/mol. The Morgan fingerprint density at radius 3 is 2.08 bits per heavy atom. The van der Waals surface area contributed by atoms with Crippen molar-refractivity contribution in [3.8, 4) is 5.75 Å². The highest BCUT2D eigenvalue weighted by Crippen LogP contribution is 2.48. The van der Waals surface area contributed by atoms with Gasteiger partial charge in [0.05, 0.1) is 21.8 Å². The Morgan fingerprint density at radius 2 is 1.42 bits per heavy atom. The molecule has 0 saturated heterocycles. The van der Waals surface area contributed by atoms with Gasteiger partial charge < -0.3 is 9.64 Å². The normalized spacial score (nSPS) is 19.2. The van der Waals surface area contributed by atoms with E-state index in [4.69, 9.17) is 4.74 Å². The zero-order chi connectivity index (χ0) is 43.7. The Balaban J connectivity index is 1.43. The molecule has 0 atom stereocenters. The molecule has 3 N–H and O–H groups in total. The van der Waals surface area contributed by atoms with Gasteiger partial charge in [0.2, 0.25) is 5.69 Å². The molecule has 60 heavy (non-hydrogen) atoms. The third kappa shape index (κ3) is 10.4. The third-order valence-corrected chi connectivity index (χ3v) is 14.1. The first-order valence-corrected chi connectivity index (χ1v) is 24.8. The number of nitrogens with zero attached hydrogens (tertiary/aromatic N) is 2. The average Bonchev–Trinajstić information content (AvgIpc) is 3.50. The number of unbranched alkanes of at least 4 members (excludes halogenated alkanes) is 2. The van der Waals surface area contributed by atoms with Crippen molar-refractivity contribution < 1.29 is 48.2 Å².